The summed E-state index contributed by atoms with van der Waals surface area (Å²) in [7, 11) is 2.26. The minimum Gasteiger partial charge on any atom is -0.316 e. The fourth-order valence-corrected chi connectivity index (χ4v) is 2.88. The van der Waals surface area contributed by atoms with Gasteiger partial charge in [-0.15, -0.1) is 0 Å². The van der Waals surface area contributed by atoms with Crippen molar-refractivity contribution < 1.29 is 0 Å². The maximum atomic E-state index is 3.55. The predicted molar refractivity (Wildman–Crippen MR) is 93.7 cm³/mol. The van der Waals surface area contributed by atoms with Crippen LogP contribution in [-0.2, 0) is 13.0 Å². The third-order valence-electron chi connectivity index (χ3n) is 4.23. The van der Waals surface area contributed by atoms with Crippen LogP contribution in [0.25, 0.3) is 0 Å². The summed E-state index contributed by atoms with van der Waals surface area (Å²) in [5.41, 5.74) is 2.98. The maximum absolute atomic E-state index is 3.55. The van der Waals surface area contributed by atoms with E-state index in [4.69, 9.17) is 0 Å². The molecule has 0 bridgehead atoms. The zero-order valence-corrected chi connectivity index (χ0v) is 14.7. The van der Waals surface area contributed by atoms with E-state index in [2.05, 4.69) is 69.2 Å². The molecular formula is C19H34N2. The van der Waals surface area contributed by atoms with E-state index in [9.17, 15) is 0 Å². The third-order valence-corrected chi connectivity index (χ3v) is 4.23. The molecule has 1 rings (SSSR count). The largest absolute Gasteiger partial charge is 0.316 e. The average molecular weight is 290 g/mol. The van der Waals surface area contributed by atoms with Crippen molar-refractivity contribution >= 4 is 0 Å². The molecule has 0 radical (unpaired) electrons. The highest BCUT2D eigenvalue weighted by Crippen LogP contribution is 2.15. The van der Waals surface area contributed by atoms with Crippen LogP contribution in [0.3, 0.4) is 0 Å². The Morgan fingerprint density at radius 1 is 1.05 bits per heavy atom. The highest BCUT2D eigenvalue weighted by atomic mass is 15.1. The van der Waals surface area contributed by atoms with Crippen LogP contribution in [-0.4, -0.2) is 31.1 Å². The molecule has 0 saturated heterocycles. The molecule has 2 heteroatoms. The van der Waals surface area contributed by atoms with Crippen LogP contribution in [0.15, 0.2) is 24.3 Å². The van der Waals surface area contributed by atoms with Crippen molar-refractivity contribution in [3.05, 3.63) is 35.4 Å². The predicted octanol–water partition coefficient (Wildman–Crippen LogP) is 4.10. The number of benzene rings is 1. The monoisotopic (exact) mass is 290 g/mol. The summed E-state index contributed by atoms with van der Waals surface area (Å²) < 4.78 is 0. The van der Waals surface area contributed by atoms with Crippen LogP contribution in [0.2, 0.25) is 0 Å². The van der Waals surface area contributed by atoms with Crippen molar-refractivity contribution in [2.45, 2.75) is 59.5 Å². The number of nitrogens with zero attached hydrogens (tertiary/aromatic N) is 1. The van der Waals surface area contributed by atoms with E-state index in [-0.39, 0.29) is 0 Å². The Morgan fingerprint density at radius 3 is 2.24 bits per heavy atom. The Kier molecular flexibility index (Phi) is 8.63. The molecule has 0 saturated carbocycles. The first-order chi connectivity index (χ1) is 10.1. The van der Waals surface area contributed by atoms with Gasteiger partial charge < -0.3 is 5.32 Å². The fourth-order valence-electron chi connectivity index (χ4n) is 2.88. The molecule has 0 heterocycles. The van der Waals surface area contributed by atoms with E-state index in [0.717, 1.165) is 32.0 Å². The first-order valence-electron chi connectivity index (χ1n) is 8.56. The molecule has 0 aliphatic heterocycles. The molecule has 1 aromatic rings. The van der Waals surface area contributed by atoms with Crippen LogP contribution in [0.5, 0.6) is 0 Å². The molecule has 0 unspecified atom stereocenters. The van der Waals surface area contributed by atoms with E-state index in [1.54, 1.807) is 0 Å². The second kappa shape index (κ2) is 9.97. The summed E-state index contributed by atoms with van der Waals surface area (Å²) in [4.78, 5) is 2.50. The van der Waals surface area contributed by atoms with Gasteiger partial charge in [0.05, 0.1) is 0 Å². The van der Waals surface area contributed by atoms with E-state index in [1.165, 1.54) is 24.0 Å². The lowest BCUT2D eigenvalue weighted by Gasteiger charge is -2.27. The van der Waals surface area contributed by atoms with Gasteiger partial charge in [-0.25, -0.2) is 0 Å². The van der Waals surface area contributed by atoms with Gasteiger partial charge in [0.25, 0.3) is 0 Å². The Labute approximate surface area is 131 Å². The first-order valence-corrected chi connectivity index (χ1v) is 8.56. The number of nitrogens with one attached hydrogen (secondary N) is 1. The average Bonchev–Trinajstić information content (AvgIpc) is 2.46. The van der Waals surface area contributed by atoms with Gasteiger partial charge in [-0.3, -0.25) is 4.90 Å². The van der Waals surface area contributed by atoms with Crippen LogP contribution >= 0.6 is 0 Å². The molecule has 0 atom stereocenters. The molecule has 21 heavy (non-hydrogen) atoms. The van der Waals surface area contributed by atoms with Gasteiger partial charge in [-0.1, -0.05) is 52.0 Å². The Bertz CT molecular complexity index is 383. The molecule has 0 amide bonds. The smallest absolute Gasteiger partial charge is 0.0236 e. The normalized spacial score (nSPS) is 11.8. The minimum absolute atomic E-state index is 0.692. The Balaban J connectivity index is 2.58. The van der Waals surface area contributed by atoms with Gasteiger partial charge in [0.1, 0.15) is 0 Å². The summed E-state index contributed by atoms with van der Waals surface area (Å²) in [6.45, 7) is 12.3. The van der Waals surface area contributed by atoms with Crippen LogP contribution < -0.4 is 5.32 Å². The topological polar surface area (TPSA) is 15.3 Å². The minimum atomic E-state index is 0.692. The second-order valence-electron chi connectivity index (χ2n) is 6.50. The van der Waals surface area contributed by atoms with Gasteiger partial charge in [0.15, 0.2) is 0 Å². The van der Waals surface area contributed by atoms with Crippen LogP contribution in [0, 0.1) is 5.92 Å². The lowest BCUT2D eigenvalue weighted by molar-refractivity contribution is 0.221. The summed E-state index contributed by atoms with van der Waals surface area (Å²) in [5, 5.41) is 3.55. The molecule has 1 N–H and O–H groups in total. The van der Waals surface area contributed by atoms with Gasteiger partial charge in [-0.2, -0.15) is 0 Å². The molecule has 0 aromatic heterocycles. The first kappa shape index (κ1) is 18.2. The summed E-state index contributed by atoms with van der Waals surface area (Å²) in [6, 6.07) is 9.60. The number of hydrogen-bond acceptors (Lipinski definition) is 2. The quantitative estimate of drug-likeness (QED) is 0.653. The van der Waals surface area contributed by atoms with Gasteiger partial charge >= 0.3 is 0 Å². The van der Waals surface area contributed by atoms with E-state index >= 15 is 0 Å². The van der Waals surface area contributed by atoms with Gasteiger partial charge in [0, 0.05) is 12.6 Å². The standard InChI is InChI=1S/C19H34N2/c1-6-19(7-2)21(5)15-18-11-9-8-10-17(18)12-13-20-14-16(3)4/h8-11,16,19-20H,6-7,12-15H2,1-5H3. The molecule has 120 valence electrons. The molecule has 2 nitrogen and oxygen atoms in total. The highest BCUT2D eigenvalue weighted by Gasteiger charge is 2.12. The third kappa shape index (κ3) is 6.62. The second-order valence-corrected chi connectivity index (χ2v) is 6.50. The van der Waals surface area contributed by atoms with Crippen LogP contribution in [0.4, 0.5) is 0 Å². The lowest BCUT2D eigenvalue weighted by atomic mass is 10.0. The Hall–Kier alpha value is -0.860. The number of rotatable bonds is 10. The summed E-state index contributed by atoms with van der Waals surface area (Å²) in [5.74, 6) is 0.723. The fraction of sp³-hybridized carbons (Fsp3) is 0.684. The van der Waals surface area contributed by atoms with Crippen molar-refractivity contribution in [3.8, 4) is 0 Å². The van der Waals surface area contributed by atoms with Gasteiger partial charge in [-0.05, 0) is 56.4 Å². The van der Waals surface area contributed by atoms with E-state index in [0.29, 0.717) is 6.04 Å². The zero-order chi connectivity index (χ0) is 15.7. The van der Waals surface area contributed by atoms with Crippen LogP contribution in [0.1, 0.15) is 51.7 Å². The van der Waals surface area contributed by atoms with Crippen molar-refractivity contribution in [3.63, 3.8) is 0 Å². The van der Waals surface area contributed by atoms with E-state index < -0.39 is 0 Å². The lowest BCUT2D eigenvalue weighted by Crippen LogP contribution is -2.30. The SMILES string of the molecule is CCC(CC)N(C)Cc1ccccc1CCNCC(C)C. The van der Waals surface area contributed by atoms with Crippen molar-refractivity contribution in [2.24, 2.45) is 5.92 Å². The van der Waals surface area contributed by atoms with Crippen molar-refractivity contribution in [1.29, 1.82) is 0 Å². The molecule has 0 aliphatic carbocycles. The summed E-state index contributed by atoms with van der Waals surface area (Å²) in [6.07, 6.45) is 3.58. The molecule has 0 spiro atoms. The number of hydrogen-bond donors (Lipinski definition) is 1. The molecular weight excluding hydrogens is 256 g/mol. The zero-order valence-electron chi connectivity index (χ0n) is 14.7. The van der Waals surface area contributed by atoms with E-state index in [1.807, 2.05) is 0 Å². The van der Waals surface area contributed by atoms with Crippen molar-refractivity contribution in [1.82, 2.24) is 10.2 Å². The van der Waals surface area contributed by atoms with Crippen molar-refractivity contribution in [2.75, 3.05) is 20.1 Å². The maximum Gasteiger partial charge on any atom is 0.0236 e. The molecule has 1 aromatic carbocycles. The summed E-state index contributed by atoms with van der Waals surface area (Å²) >= 11 is 0. The molecule has 0 fully saturated rings. The Morgan fingerprint density at radius 2 is 1.67 bits per heavy atom. The van der Waals surface area contributed by atoms with Gasteiger partial charge in [0.2, 0.25) is 0 Å². The molecule has 0 aliphatic rings. The highest BCUT2D eigenvalue weighted by molar-refractivity contribution is 5.27.